The van der Waals surface area contributed by atoms with Crippen LogP contribution in [0.15, 0.2) is 11.6 Å². The highest BCUT2D eigenvalue weighted by Gasteiger charge is 2.12. The van der Waals surface area contributed by atoms with Crippen LogP contribution in [0.3, 0.4) is 0 Å². The minimum absolute atomic E-state index is 0.713. The van der Waals surface area contributed by atoms with Crippen molar-refractivity contribution >= 4 is 0 Å². The lowest BCUT2D eigenvalue weighted by Gasteiger charge is -2.29. The summed E-state index contributed by atoms with van der Waals surface area (Å²) < 4.78 is 0. The van der Waals surface area contributed by atoms with E-state index in [2.05, 4.69) is 31.7 Å². The van der Waals surface area contributed by atoms with Gasteiger partial charge in [0.15, 0.2) is 0 Å². The quantitative estimate of drug-likeness (QED) is 0.551. The van der Waals surface area contributed by atoms with Crippen molar-refractivity contribution in [3.05, 3.63) is 11.6 Å². The Labute approximate surface area is 70.1 Å². The molecule has 64 valence electrons. The maximum Gasteiger partial charge on any atom is 0.0168 e. The smallest absolute Gasteiger partial charge is 0.0168 e. The Hall–Kier alpha value is -0.300. The van der Waals surface area contributed by atoms with E-state index in [4.69, 9.17) is 0 Å². The molecule has 0 aromatic heterocycles. The average molecular weight is 153 g/mol. The van der Waals surface area contributed by atoms with Crippen LogP contribution < -0.4 is 0 Å². The molecule has 1 heterocycles. The van der Waals surface area contributed by atoms with Gasteiger partial charge in [-0.3, -0.25) is 4.90 Å². The van der Waals surface area contributed by atoms with Gasteiger partial charge in [-0.05, 0) is 26.7 Å². The summed E-state index contributed by atoms with van der Waals surface area (Å²) in [6.07, 6.45) is 4.92. The van der Waals surface area contributed by atoms with Gasteiger partial charge in [-0.15, -0.1) is 0 Å². The maximum atomic E-state index is 2.51. The van der Waals surface area contributed by atoms with Gasteiger partial charge in [0.1, 0.15) is 0 Å². The van der Waals surface area contributed by atoms with E-state index in [1.807, 2.05) is 0 Å². The van der Waals surface area contributed by atoms with E-state index in [1.54, 1.807) is 5.57 Å². The highest BCUT2D eigenvalue weighted by atomic mass is 15.1. The Bertz CT molecular complexity index is 147. The number of hydrogen-bond acceptors (Lipinski definition) is 1. The minimum Gasteiger partial charge on any atom is -0.297 e. The number of rotatable bonds is 2. The lowest BCUT2D eigenvalue weighted by atomic mass is 10.1. The third kappa shape index (κ3) is 2.33. The van der Waals surface area contributed by atoms with Crippen LogP contribution in [-0.2, 0) is 0 Å². The Kier molecular flexibility index (Phi) is 3.13. The summed E-state index contributed by atoms with van der Waals surface area (Å²) in [4.78, 5) is 2.51. The lowest BCUT2D eigenvalue weighted by molar-refractivity contribution is 0.238. The van der Waals surface area contributed by atoms with Gasteiger partial charge in [0.2, 0.25) is 0 Å². The molecule has 0 fully saturated rings. The monoisotopic (exact) mass is 153 g/mol. The average Bonchev–Trinajstić information content (AvgIpc) is 2.05. The van der Waals surface area contributed by atoms with E-state index in [9.17, 15) is 0 Å². The molecule has 1 heteroatoms. The minimum atomic E-state index is 0.713. The van der Waals surface area contributed by atoms with Crippen molar-refractivity contribution in [3.63, 3.8) is 0 Å². The second kappa shape index (κ2) is 3.91. The molecule has 11 heavy (non-hydrogen) atoms. The highest BCUT2D eigenvalue weighted by Crippen LogP contribution is 2.14. The number of hydrogen-bond donors (Lipinski definition) is 0. The molecule has 0 aromatic carbocycles. The van der Waals surface area contributed by atoms with Crippen molar-refractivity contribution in [2.24, 2.45) is 0 Å². The fraction of sp³-hybridized carbons (Fsp3) is 0.800. The molecule has 0 atom stereocenters. The van der Waals surface area contributed by atoms with Gasteiger partial charge < -0.3 is 0 Å². The third-order valence-corrected chi connectivity index (χ3v) is 2.52. The summed E-state index contributed by atoms with van der Waals surface area (Å²) >= 11 is 0. The first-order valence-corrected chi connectivity index (χ1v) is 4.66. The van der Waals surface area contributed by atoms with Crippen LogP contribution in [0.2, 0.25) is 0 Å². The van der Waals surface area contributed by atoms with Crippen LogP contribution in [0.4, 0.5) is 0 Å². The van der Waals surface area contributed by atoms with Gasteiger partial charge in [0, 0.05) is 19.1 Å². The summed E-state index contributed by atoms with van der Waals surface area (Å²) in [5.74, 6) is 0. The molecule has 0 aliphatic carbocycles. The summed E-state index contributed by atoms with van der Waals surface area (Å²) in [5, 5.41) is 0. The molecule has 1 nitrogen and oxygen atoms in total. The molecule has 0 spiro atoms. The van der Waals surface area contributed by atoms with E-state index in [1.165, 1.54) is 25.9 Å². The molecule has 0 saturated carbocycles. The first-order valence-electron chi connectivity index (χ1n) is 4.66. The molecular formula is C10H19N. The summed E-state index contributed by atoms with van der Waals surface area (Å²) in [5.41, 5.74) is 1.64. The second-order valence-corrected chi connectivity index (χ2v) is 3.55. The predicted molar refractivity (Wildman–Crippen MR) is 49.7 cm³/mol. The molecule has 0 unspecified atom stereocenters. The Balaban J connectivity index is 2.41. The molecule has 0 aromatic rings. The molecule has 0 radical (unpaired) electrons. The van der Waals surface area contributed by atoms with Crippen LogP contribution in [-0.4, -0.2) is 24.0 Å². The predicted octanol–water partition coefficient (Wildman–Crippen LogP) is 2.44. The molecule has 0 amide bonds. The zero-order valence-corrected chi connectivity index (χ0v) is 7.93. The van der Waals surface area contributed by atoms with Gasteiger partial charge in [0.25, 0.3) is 0 Å². The zero-order valence-electron chi connectivity index (χ0n) is 7.93. The Morgan fingerprint density at radius 2 is 2.27 bits per heavy atom. The van der Waals surface area contributed by atoms with Crippen molar-refractivity contribution in [2.75, 3.05) is 13.1 Å². The fourth-order valence-corrected chi connectivity index (χ4v) is 1.52. The largest absolute Gasteiger partial charge is 0.297 e. The fourth-order valence-electron chi connectivity index (χ4n) is 1.52. The normalized spacial score (nSPS) is 20.5. The van der Waals surface area contributed by atoms with E-state index in [0.29, 0.717) is 6.04 Å². The van der Waals surface area contributed by atoms with Crippen molar-refractivity contribution in [3.8, 4) is 0 Å². The van der Waals surface area contributed by atoms with Gasteiger partial charge in [0.05, 0.1) is 0 Å². The first kappa shape index (κ1) is 8.79. The van der Waals surface area contributed by atoms with Gasteiger partial charge in [-0.25, -0.2) is 0 Å². The Morgan fingerprint density at radius 1 is 1.55 bits per heavy atom. The van der Waals surface area contributed by atoms with Crippen LogP contribution in [0.25, 0.3) is 0 Å². The van der Waals surface area contributed by atoms with E-state index in [-0.39, 0.29) is 0 Å². The van der Waals surface area contributed by atoms with Crippen molar-refractivity contribution < 1.29 is 0 Å². The molecule has 0 bridgehead atoms. The first-order chi connectivity index (χ1) is 5.24. The molecule has 0 N–H and O–H groups in total. The van der Waals surface area contributed by atoms with Crippen LogP contribution in [0.1, 0.15) is 33.6 Å². The number of nitrogens with zero attached hydrogens (tertiary/aromatic N) is 1. The zero-order chi connectivity index (χ0) is 8.27. The summed E-state index contributed by atoms with van der Waals surface area (Å²) in [6, 6.07) is 0.713. The molecular weight excluding hydrogens is 134 g/mol. The van der Waals surface area contributed by atoms with Gasteiger partial charge in [-0.2, -0.15) is 0 Å². The molecule has 0 saturated heterocycles. The van der Waals surface area contributed by atoms with Crippen molar-refractivity contribution in [1.82, 2.24) is 4.90 Å². The maximum absolute atomic E-state index is 2.51. The van der Waals surface area contributed by atoms with Gasteiger partial charge >= 0.3 is 0 Å². The van der Waals surface area contributed by atoms with Gasteiger partial charge in [-0.1, -0.05) is 18.6 Å². The summed E-state index contributed by atoms with van der Waals surface area (Å²) in [7, 11) is 0. The SMILES string of the molecule is CCC1=CCN(C(C)C)CC1. The van der Waals surface area contributed by atoms with Crippen LogP contribution in [0.5, 0.6) is 0 Å². The van der Waals surface area contributed by atoms with Crippen molar-refractivity contribution in [1.29, 1.82) is 0 Å². The van der Waals surface area contributed by atoms with E-state index in [0.717, 1.165) is 0 Å². The standard InChI is InChI=1S/C10H19N/c1-4-10-5-7-11(8-6-10)9(2)3/h5,9H,4,6-8H2,1-3H3. The highest BCUT2D eigenvalue weighted by molar-refractivity contribution is 5.06. The van der Waals surface area contributed by atoms with E-state index >= 15 is 0 Å². The molecule has 1 aliphatic heterocycles. The van der Waals surface area contributed by atoms with Crippen LogP contribution in [0, 0.1) is 0 Å². The van der Waals surface area contributed by atoms with E-state index < -0.39 is 0 Å². The molecule has 1 rings (SSSR count). The Morgan fingerprint density at radius 3 is 2.64 bits per heavy atom. The lowest BCUT2D eigenvalue weighted by Crippen LogP contribution is -2.34. The second-order valence-electron chi connectivity index (χ2n) is 3.55. The van der Waals surface area contributed by atoms with Crippen LogP contribution >= 0.6 is 0 Å². The third-order valence-electron chi connectivity index (χ3n) is 2.52. The molecule has 1 aliphatic rings. The summed E-state index contributed by atoms with van der Waals surface area (Å²) in [6.45, 7) is 9.21. The topological polar surface area (TPSA) is 3.24 Å². The van der Waals surface area contributed by atoms with Crippen molar-refractivity contribution in [2.45, 2.75) is 39.7 Å².